The van der Waals surface area contributed by atoms with Crippen LogP contribution in [0.5, 0.6) is 0 Å². The Hall–Kier alpha value is -2.53. The lowest BCUT2D eigenvalue weighted by molar-refractivity contribution is -0.138. The van der Waals surface area contributed by atoms with E-state index in [0.29, 0.717) is 0 Å². The number of carboxylic acid groups (broad SMARTS) is 1. The van der Waals surface area contributed by atoms with Gasteiger partial charge in [0.25, 0.3) is 0 Å². The molecular formula is C18H14O2. The van der Waals surface area contributed by atoms with Crippen LogP contribution in [0.25, 0.3) is 0 Å². The molecular weight excluding hydrogens is 248 g/mol. The maximum absolute atomic E-state index is 11.4. The molecule has 0 heterocycles. The first-order valence-electron chi connectivity index (χ1n) is 6.56. The van der Waals surface area contributed by atoms with E-state index in [-0.39, 0.29) is 17.8 Å². The summed E-state index contributed by atoms with van der Waals surface area (Å²) in [4.78, 5) is 11.4. The van der Waals surface area contributed by atoms with Gasteiger partial charge in [0.1, 0.15) is 0 Å². The Bertz CT molecular complexity index is 665. The second kappa shape index (κ2) is 4.86. The van der Waals surface area contributed by atoms with Crippen molar-refractivity contribution in [1.29, 1.82) is 0 Å². The van der Waals surface area contributed by atoms with E-state index in [0.717, 1.165) is 16.7 Å². The first-order valence-corrected chi connectivity index (χ1v) is 6.56. The van der Waals surface area contributed by atoms with Gasteiger partial charge in [-0.15, -0.1) is 6.42 Å². The predicted molar refractivity (Wildman–Crippen MR) is 77.4 cm³/mol. The Morgan fingerprint density at radius 2 is 1.50 bits per heavy atom. The third-order valence-electron chi connectivity index (χ3n) is 3.95. The van der Waals surface area contributed by atoms with Crippen LogP contribution in [0.15, 0.2) is 54.6 Å². The van der Waals surface area contributed by atoms with E-state index in [1.54, 1.807) is 0 Å². The molecule has 1 fully saturated rings. The second-order valence-electron chi connectivity index (χ2n) is 5.09. The van der Waals surface area contributed by atoms with E-state index in [9.17, 15) is 9.90 Å². The number of carboxylic acids is 1. The van der Waals surface area contributed by atoms with Gasteiger partial charge in [0, 0.05) is 17.4 Å². The highest BCUT2D eigenvalue weighted by Gasteiger charge is 2.56. The van der Waals surface area contributed by atoms with Gasteiger partial charge in [0.2, 0.25) is 0 Å². The van der Waals surface area contributed by atoms with Crippen molar-refractivity contribution in [3.8, 4) is 12.3 Å². The number of hydrogen-bond acceptors (Lipinski definition) is 1. The number of rotatable bonds is 3. The molecule has 0 saturated heterocycles. The van der Waals surface area contributed by atoms with Crippen LogP contribution in [-0.4, -0.2) is 11.1 Å². The first-order chi connectivity index (χ1) is 9.72. The number of benzene rings is 2. The molecule has 0 spiro atoms. The molecule has 1 N–H and O–H groups in total. The zero-order valence-electron chi connectivity index (χ0n) is 10.9. The molecule has 2 heteroatoms. The summed E-state index contributed by atoms with van der Waals surface area (Å²) in [6, 6.07) is 17.5. The summed E-state index contributed by atoms with van der Waals surface area (Å²) in [5.74, 6) is 1.61. The van der Waals surface area contributed by atoms with Crippen LogP contribution in [-0.2, 0) is 4.79 Å². The van der Waals surface area contributed by atoms with Crippen LogP contribution in [0, 0.1) is 18.3 Å². The Morgan fingerprint density at radius 3 is 2.00 bits per heavy atom. The average Bonchev–Trinajstić information content (AvgIpc) is 3.24. The molecule has 2 aromatic rings. The molecule has 0 amide bonds. The van der Waals surface area contributed by atoms with E-state index in [2.05, 4.69) is 5.92 Å². The largest absolute Gasteiger partial charge is 0.481 e. The second-order valence-corrected chi connectivity index (χ2v) is 5.09. The van der Waals surface area contributed by atoms with Crippen LogP contribution in [0.4, 0.5) is 0 Å². The summed E-state index contributed by atoms with van der Waals surface area (Å²) in [6.45, 7) is 0. The topological polar surface area (TPSA) is 37.3 Å². The van der Waals surface area contributed by atoms with Crippen molar-refractivity contribution >= 4 is 5.97 Å². The molecule has 20 heavy (non-hydrogen) atoms. The summed E-state index contributed by atoms with van der Waals surface area (Å²) in [7, 11) is 0. The quantitative estimate of drug-likeness (QED) is 0.862. The Kier molecular flexibility index (Phi) is 3.04. The molecule has 1 aliphatic carbocycles. The van der Waals surface area contributed by atoms with E-state index >= 15 is 0 Å². The smallest absolute Gasteiger partial charge is 0.307 e. The molecule has 98 valence electrons. The van der Waals surface area contributed by atoms with Crippen molar-refractivity contribution in [2.45, 2.75) is 11.8 Å². The van der Waals surface area contributed by atoms with Gasteiger partial charge < -0.3 is 5.11 Å². The number of terminal acetylenes is 1. The normalized spacial score (nSPS) is 23.9. The number of hydrogen-bond donors (Lipinski definition) is 1. The van der Waals surface area contributed by atoms with E-state index in [1.165, 1.54) is 0 Å². The lowest BCUT2D eigenvalue weighted by Gasteiger charge is -2.01. The van der Waals surface area contributed by atoms with Crippen molar-refractivity contribution in [2.24, 2.45) is 5.92 Å². The first kappa shape index (κ1) is 12.5. The van der Waals surface area contributed by atoms with Crippen molar-refractivity contribution in [1.82, 2.24) is 0 Å². The highest BCUT2D eigenvalue weighted by molar-refractivity contribution is 5.78. The van der Waals surface area contributed by atoms with Crippen LogP contribution in [0.1, 0.15) is 28.5 Å². The fraction of sp³-hybridized carbons (Fsp3) is 0.167. The standard InChI is InChI=1S/C18H14O2/c1-2-12-8-10-14(11-9-12)16-15(17(16)18(19)20)13-6-4-3-5-7-13/h1,3-11,15-17H,(H,19,20). The molecule has 2 nitrogen and oxygen atoms in total. The minimum Gasteiger partial charge on any atom is -0.481 e. The Balaban J connectivity index is 1.92. The van der Waals surface area contributed by atoms with Gasteiger partial charge in [-0.3, -0.25) is 4.79 Å². The monoisotopic (exact) mass is 262 g/mol. The van der Waals surface area contributed by atoms with Gasteiger partial charge in [0.15, 0.2) is 0 Å². The summed E-state index contributed by atoms with van der Waals surface area (Å²) < 4.78 is 0. The molecule has 0 radical (unpaired) electrons. The maximum Gasteiger partial charge on any atom is 0.307 e. The van der Waals surface area contributed by atoms with Crippen molar-refractivity contribution < 1.29 is 9.90 Å². The van der Waals surface area contributed by atoms with E-state index in [1.807, 2.05) is 54.6 Å². The maximum atomic E-state index is 11.4. The molecule has 1 aliphatic rings. The van der Waals surface area contributed by atoms with Gasteiger partial charge in [-0.2, -0.15) is 0 Å². The molecule has 0 aliphatic heterocycles. The lowest BCUT2D eigenvalue weighted by Crippen LogP contribution is -2.00. The van der Waals surface area contributed by atoms with Gasteiger partial charge in [-0.05, 0) is 23.3 Å². The van der Waals surface area contributed by atoms with Gasteiger partial charge in [-0.1, -0.05) is 48.4 Å². The minimum atomic E-state index is -0.732. The van der Waals surface area contributed by atoms with Crippen LogP contribution < -0.4 is 0 Å². The molecule has 3 atom stereocenters. The Morgan fingerprint density at radius 1 is 0.950 bits per heavy atom. The number of aliphatic carboxylic acids is 1. The Labute approximate surface area is 118 Å². The minimum absolute atomic E-state index is 0.0433. The third-order valence-corrected chi connectivity index (χ3v) is 3.95. The molecule has 3 rings (SSSR count). The summed E-state index contributed by atoms with van der Waals surface area (Å²) in [5, 5.41) is 9.39. The lowest BCUT2D eigenvalue weighted by atomic mass is 10.0. The van der Waals surface area contributed by atoms with Gasteiger partial charge in [-0.25, -0.2) is 0 Å². The summed E-state index contributed by atoms with van der Waals surface area (Å²) in [6.07, 6.45) is 5.34. The molecule has 1 saturated carbocycles. The zero-order chi connectivity index (χ0) is 14.1. The van der Waals surface area contributed by atoms with Gasteiger partial charge >= 0.3 is 5.97 Å². The highest BCUT2D eigenvalue weighted by atomic mass is 16.4. The molecule has 3 unspecified atom stereocenters. The van der Waals surface area contributed by atoms with Crippen LogP contribution in [0.3, 0.4) is 0 Å². The van der Waals surface area contributed by atoms with E-state index < -0.39 is 5.97 Å². The number of carbonyl (C=O) groups is 1. The predicted octanol–water partition coefficient (Wildman–Crippen LogP) is 3.25. The van der Waals surface area contributed by atoms with Crippen molar-refractivity contribution in [2.75, 3.05) is 0 Å². The SMILES string of the molecule is C#Cc1ccc(C2C(C(=O)O)C2c2ccccc2)cc1. The molecule has 2 aromatic carbocycles. The average molecular weight is 262 g/mol. The summed E-state index contributed by atoms with van der Waals surface area (Å²) in [5.41, 5.74) is 2.95. The fourth-order valence-corrected chi connectivity index (χ4v) is 2.92. The van der Waals surface area contributed by atoms with Crippen LogP contribution >= 0.6 is 0 Å². The summed E-state index contributed by atoms with van der Waals surface area (Å²) >= 11 is 0. The third kappa shape index (κ3) is 2.08. The van der Waals surface area contributed by atoms with E-state index in [4.69, 9.17) is 6.42 Å². The molecule has 0 bridgehead atoms. The fourth-order valence-electron chi connectivity index (χ4n) is 2.92. The molecule has 0 aromatic heterocycles. The highest BCUT2D eigenvalue weighted by Crippen LogP contribution is 2.60. The van der Waals surface area contributed by atoms with Crippen molar-refractivity contribution in [3.63, 3.8) is 0 Å². The van der Waals surface area contributed by atoms with Crippen LogP contribution in [0.2, 0.25) is 0 Å². The van der Waals surface area contributed by atoms with Gasteiger partial charge in [0.05, 0.1) is 5.92 Å². The van der Waals surface area contributed by atoms with Crippen molar-refractivity contribution in [3.05, 3.63) is 71.3 Å². The zero-order valence-corrected chi connectivity index (χ0v) is 10.9.